The molecule has 6 heteroatoms. The summed E-state index contributed by atoms with van der Waals surface area (Å²) in [5.74, 6) is 0. The van der Waals surface area contributed by atoms with Crippen LogP contribution in [0.25, 0.3) is 0 Å². The van der Waals surface area contributed by atoms with Crippen molar-refractivity contribution in [1.82, 2.24) is 0 Å². The van der Waals surface area contributed by atoms with Crippen molar-refractivity contribution in [2.75, 3.05) is 25.0 Å². The summed E-state index contributed by atoms with van der Waals surface area (Å²) in [6.45, 7) is 0.589. The Hall–Kier alpha value is -1.66. The van der Waals surface area contributed by atoms with Crippen molar-refractivity contribution in [2.24, 2.45) is 5.73 Å². The maximum Gasteiger partial charge on any atom is 0.269 e. The molecule has 0 aromatic heterocycles. The van der Waals surface area contributed by atoms with Crippen LogP contribution in [0.5, 0.6) is 0 Å². The van der Waals surface area contributed by atoms with Gasteiger partial charge < -0.3 is 15.7 Å². The van der Waals surface area contributed by atoms with E-state index in [0.717, 1.165) is 5.69 Å². The van der Waals surface area contributed by atoms with Gasteiger partial charge in [-0.3, -0.25) is 10.1 Å². The molecule has 0 fully saturated rings. The number of hydrogen-bond donors (Lipinski definition) is 2. The first-order valence-corrected chi connectivity index (χ1v) is 4.88. The van der Waals surface area contributed by atoms with Crippen LogP contribution in [0.1, 0.15) is 0 Å². The molecule has 0 saturated carbocycles. The fourth-order valence-electron chi connectivity index (χ4n) is 1.32. The summed E-state index contributed by atoms with van der Waals surface area (Å²) in [6.07, 6.45) is -0.597. The molecule has 0 spiro atoms. The lowest BCUT2D eigenvalue weighted by atomic mass is 10.2. The summed E-state index contributed by atoms with van der Waals surface area (Å²) in [5, 5.41) is 19.8. The lowest BCUT2D eigenvalue weighted by molar-refractivity contribution is -0.384. The average molecular weight is 225 g/mol. The second-order valence-electron chi connectivity index (χ2n) is 3.54. The molecule has 16 heavy (non-hydrogen) atoms. The number of aliphatic hydroxyl groups is 1. The van der Waals surface area contributed by atoms with Crippen LogP contribution in [0.4, 0.5) is 11.4 Å². The van der Waals surface area contributed by atoms with E-state index in [0.29, 0.717) is 6.54 Å². The van der Waals surface area contributed by atoms with Crippen LogP contribution >= 0.6 is 0 Å². The van der Waals surface area contributed by atoms with Crippen LogP contribution < -0.4 is 10.6 Å². The van der Waals surface area contributed by atoms with Crippen molar-refractivity contribution in [3.63, 3.8) is 0 Å². The smallest absolute Gasteiger partial charge is 0.269 e. The Morgan fingerprint density at radius 3 is 2.50 bits per heavy atom. The molecule has 88 valence electrons. The monoisotopic (exact) mass is 225 g/mol. The highest BCUT2D eigenvalue weighted by Crippen LogP contribution is 2.18. The fraction of sp³-hybridized carbons (Fsp3) is 0.400. The molecule has 0 radical (unpaired) electrons. The SMILES string of the molecule is CN(CC(O)CN)c1ccc([N+](=O)[O-])cc1. The number of non-ortho nitro benzene ring substituents is 1. The van der Waals surface area contributed by atoms with E-state index in [9.17, 15) is 15.2 Å². The van der Waals surface area contributed by atoms with E-state index in [-0.39, 0.29) is 12.2 Å². The van der Waals surface area contributed by atoms with Crippen molar-refractivity contribution >= 4 is 11.4 Å². The summed E-state index contributed by atoms with van der Waals surface area (Å²) >= 11 is 0. The third-order valence-electron chi connectivity index (χ3n) is 2.26. The predicted octanol–water partition coefficient (Wildman–Crippen LogP) is 0.351. The second kappa shape index (κ2) is 5.43. The number of likely N-dealkylation sites (N-methyl/N-ethyl adjacent to an activating group) is 1. The number of rotatable bonds is 5. The van der Waals surface area contributed by atoms with Crippen molar-refractivity contribution in [3.8, 4) is 0 Å². The van der Waals surface area contributed by atoms with Gasteiger partial charge in [-0.05, 0) is 12.1 Å². The highest BCUT2D eigenvalue weighted by atomic mass is 16.6. The Morgan fingerprint density at radius 1 is 1.50 bits per heavy atom. The largest absolute Gasteiger partial charge is 0.390 e. The number of hydrogen-bond acceptors (Lipinski definition) is 5. The van der Waals surface area contributed by atoms with E-state index < -0.39 is 11.0 Å². The van der Waals surface area contributed by atoms with Crippen LogP contribution in [-0.2, 0) is 0 Å². The minimum Gasteiger partial charge on any atom is -0.390 e. The van der Waals surface area contributed by atoms with E-state index in [2.05, 4.69) is 0 Å². The quantitative estimate of drug-likeness (QED) is 0.557. The van der Waals surface area contributed by atoms with Gasteiger partial charge in [0.25, 0.3) is 5.69 Å². The molecule has 0 bridgehead atoms. The van der Waals surface area contributed by atoms with Crippen LogP contribution in [-0.4, -0.2) is 36.3 Å². The van der Waals surface area contributed by atoms with Crippen molar-refractivity contribution < 1.29 is 10.0 Å². The molecule has 0 aliphatic heterocycles. The molecule has 0 aliphatic carbocycles. The maximum atomic E-state index is 10.4. The van der Waals surface area contributed by atoms with E-state index in [4.69, 9.17) is 5.73 Å². The van der Waals surface area contributed by atoms with E-state index >= 15 is 0 Å². The first-order chi connectivity index (χ1) is 7.54. The number of nitrogens with two attached hydrogens (primary N) is 1. The molecular formula is C10H15N3O3. The first-order valence-electron chi connectivity index (χ1n) is 4.88. The maximum absolute atomic E-state index is 10.4. The standard InChI is InChI=1S/C10H15N3O3/c1-12(7-10(14)6-11)8-2-4-9(5-3-8)13(15)16/h2-5,10,14H,6-7,11H2,1H3. The lowest BCUT2D eigenvalue weighted by Gasteiger charge is -2.21. The second-order valence-corrected chi connectivity index (χ2v) is 3.54. The molecule has 0 heterocycles. The van der Waals surface area contributed by atoms with Crippen molar-refractivity contribution in [3.05, 3.63) is 34.4 Å². The molecule has 1 rings (SSSR count). The number of nitro benzene ring substituents is 1. The summed E-state index contributed by atoms with van der Waals surface area (Å²) in [5.41, 5.74) is 6.15. The van der Waals surface area contributed by atoms with Gasteiger partial charge in [-0.25, -0.2) is 0 Å². The Morgan fingerprint density at radius 2 is 2.06 bits per heavy atom. The van der Waals surface area contributed by atoms with E-state index in [1.165, 1.54) is 12.1 Å². The zero-order valence-corrected chi connectivity index (χ0v) is 9.04. The average Bonchev–Trinajstić information content (AvgIpc) is 2.28. The molecule has 0 aliphatic rings. The van der Waals surface area contributed by atoms with Gasteiger partial charge in [-0.15, -0.1) is 0 Å². The predicted molar refractivity (Wildman–Crippen MR) is 61.4 cm³/mol. The fourth-order valence-corrected chi connectivity index (χ4v) is 1.32. The lowest BCUT2D eigenvalue weighted by Crippen LogP contribution is -2.34. The summed E-state index contributed by atoms with van der Waals surface area (Å²) in [6, 6.07) is 6.14. The molecule has 0 saturated heterocycles. The molecule has 1 aromatic rings. The van der Waals surface area contributed by atoms with Gasteiger partial charge in [-0.2, -0.15) is 0 Å². The first kappa shape index (κ1) is 12.4. The zero-order chi connectivity index (χ0) is 12.1. The third kappa shape index (κ3) is 3.18. The molecule has 1 aromatic carbocycles. The van der Waals surface area contributed by atoms with Gasteiger partial charge in [0, 0.05) is 38.0 Å². The number of benzene rings is 1. The van der Waals surface area contributed by atoms with Crippen LogP contribution in [0.15, 0.2) is 24.3 Å². The van der Waals surface area contributed by atoms with Gasteiger partial charge in [0.2, 0.25) is 0 Å². The molecule has 1 atom stereocenters. The number of nitro groups is 1. The van der Waals surface area contributed by atoms with Gasteiger partial charge in [0.1, 0.15) is 0 Å². The number of aliphatic hydroxyl groups excluding tert-OH is 1. The van der Waals surface area contributed by atoms with Gasteiger partial charge in [0.05, 0.1) is 11.0 Å². The normalized spacial score (nSPS) is 12.2. The molecular weight excluding hydrogens is 210 g/mol. The van der Waals surface area contributed by atoms with E-state index in [1.54, 1.807) is 24.1 Å². The van der Waals surface area contributed by atoms with Crippen LogP contribution in [0.2, 0.25) is 0 Å². The van der Waals surface area contributed by atoms with Crippen LogP contribution in [0, 0.1) is 10.1 Å². The third-order valence-corrected chi connectivity index (χ3v) is 2.26. The minimum atomic E-state index is -0.597. The summed E-state index contributed by atoms with van der Waals surface area (Å²) in [4.78, 5) is 11.8. The molecule has 1 unspecified atom stereocenters. The van der Waals surface area contributed by atoms with E-state index in [1.807, 2.05) is 0 Å². The molecule has 0 amide bonds. The van der Waals surface area contributed by atoms with Gasteiger partial charge in [-0.1, -0.05) is 0 Å². The topological polar surface area (TPSA) is 92.6 Å². The van der Waals surface area contributed by atoms with Crippen LogP contribution in [0.3, 0.4) is 0 Å². The summed E-state index contributed by atoms with van der Waals surface area (Å²) in [7, 11) is 1.79. The highest BCUT2D eigenvalue weighted by Gasteiger charge is 2.09. The molecule has 6 nitrogen and oxygen atoms in total. The molecule has 3 N–H and O–H groups in total. The van der Waals surface area contributed by atoms with Gasteiger partial charge in [0.15, 0.2) is 0 Å². The zero-order valence-electron chi connectivity index (χ0n) is 9.04. The van der Waals surface area contributed by atoms with Gasteiger partial charge >= 0.3 is 0 Å². The highest BCUT2D eigenvalue weighted by molar-refractivity contribution is 5.50. The Kier molecular flexibility index (Phi) is 4.21. The summed E-state index contributed by atoms with van der Waals surface area (Å²) < 4.78 is 0. The Labute approximate surface area is 93.4 Å². The Balaban J connectivity index is 2.70. The van der Waals surface area contributed by atoms with Crippen molar-refractivity contribution in [1.29, 1.82) is 0 Å². The minimum absolute atomic E-state index is 0.0523. The van der Waals surface area contributed by atoms with Crippen molar-refractivity contribution in [2.45, 2.75) is 6.10 Å². The number of anilines is 1. The Bertz CT molecular complexity index is 353. The number of nitrogens with zero attached hydrogens (tertiary/aromatic N) is 2.